The summed E-state index contributed by atoms with van der Waals surface area (Å²) in [7, 11) is 0. The number of rotatable bonds is 4. The van der Waals surface area contributed by atoms with Gasteiger partial charge in [0.2, 0.25) is 0 Å². The maximum absolute atomic E-state index is 12.3. The zero-order valence-electron chi connectivity index (χ0n) is 12.5. The molecule has 1 aliphatic rings. The summed E-state index contributed by atoms with van der Waals surface area (Å²) in [5, 5.41) is 26.3. The molecule has 1 aromatic heterocycles. The lowest BCUT2D eigenvalue weighted by Gasteiger charge is -2.38. The Morgan fingerprint density at radius 3 is 3.05 bits per heavy atom. The summed E-state index contributed by atoms with van der Waals surface area (Å²) < 4.78 is 1.73. The van der Waals surface area contributed by atoms with Crippen molar-refractivity contribution in [3.8, 4) is 0 Å². The molecule has 0 saturated carbocycles. The fourth-order valence-corrected chi connectivity index (χ4v) is 2.61. The molecule has 0 aliphatic carbocycles. The van der Waals surface area contributed by atoms with Gasteiger partial charge in [-0.3, -0.25) is 0 Å². The number of β-amino-alcohol motifs (C(OH)–C–C–N with tert-alkyl or cyclic N) is 1. The zero-order valence-corrected chi connectivity index (χ0v) is 12.5. The molecule has 1 aliphatic heterocycles. The lowest BCUT2D eigenvalue weighted by molar-refractivity contribution is -0.0571. The Morgan fingerprint density at radius 2 is 2.38 bits per heavy atom. The number of amides is 2. The van der Waals surface area contributed by atoms with Crippen LogP contribution < -0.4 is 5.32 Å². The van der Waals surface area contributed by atoms with Crippen LogP contribution in [-0.2, 0) is 6.54 Å². The second-order valence-electron chi connectivity index (χ2n) is 5.51. The van der Waals surface area contributed by atoms with E-state index >= 15 is 0 Å². The van der Waals surface area contributed by atoms with E-state index in [9.17, 15) is 15.0 Å². The van der Waals surface area contributed by atoms with E-state index in [1.54, 1.807) is 4.68 Å². The second-order valence-corrected chi connectivity index (χ2v) is 5.51. The molecule has 1 saturated heterocycles. The number of hydrogen-bond acceptors (Lipinski definition) is 5. The molecule has 0 bridgehead atoms. The third-order valence-corrected chi connectivity index (χ3v) is 3.81. The molecule has 2 amide bonds. The summed E-state index contributed by atoms with van der Waals surface area (Å²) in [4.78, 5) is 18.0. The standard InChI is InChI=1S/C13H23N5O3/c1-3-18-11(14-9-15-18)10(2)16-12(20)17-6-4-5-13(21,7-17)8-19/h9-10,19,21H,3-8H2,1-2H3,(H,16,20). The van der Waals surface area contributed by atoms with Gasteiger partial charge in [-0.2, -0.15) is 5.10 Å². The smallest absolute Gasteiger partial charge is 0.318 e. The van der Waals surface area contributed by atoms with Gasteiger partial charge >= 0.3 is 6.03 Å². The second kappa shape index (κ2) is 6.40. The number of carbonyl (C=O) groups is 1. The Bertz CT molecular complexity index is 492. The van der Waals surface area contributed by atoms with E-state index in [-0.39, 0.29) is 25.2 Å². The minimum atomic E-state index is -1.19. The van der Waals surface area contributed by atoms with Crippen molar-refractivity contribution in [3.05, 3.63) is 12.2 Å². The van der Waals surface area contributed by atoms with Gasteiger partial charge in [0.15, 0.2) is 0 Å². The maximum atomic E-state index is 12.3. The first kappa shape index (κ1) is 15.7. The normalized spacial score (nSPS) is 23.9. The molecule has 2 atom stereocenters. The van der Waals surface area contributed by atoms with E-state index in [2.05, 4.69) is 15.4 Å². The predicted octanol–water partition coefficient (Wildman–Crippen LogP) is -0.112. The average molecular weight is 297 g/mol. The average Bonchev–Trinajstić information content (AvgIpc) is 2.95. The summed E-state index contributed by atoms with van der Waals surface area (Å²) in [5.41, 5.74) is -1.19. The van der Waals surface area contributed by atoms with Crippen LogP contribution in [0.4, 0.5) is 4.79 Å². The van der Waals surface area contributed by atoms with E-state index in [1.807, 2.05) is 13.8 Å². The molecule has 21 heavy (non-hydrogen) atoms. The van der Waals surface area contributed by atoms with Crippen LogP contribution in [0, 0.1) is 0 Å². The number of urea groups is 1. The van der Waals surface area contributed by atoms with Crippen molar-refractivity contribution in [2.75, 3.05) is 19.7 Å². The van der Waals surface area contributed by atoms with Gasteiger partial charge in [-0.25, -0.2) is 14.5 Å². The number of aliphatic hydroxyl groups is 2. The van der Waals surface area contributed by atoms with Crippen LogP contribution in [-0.4, -0.2) is 61.2 Å². The molecule has 0 radical (unpaired) electrons. The van der Waals surface area contributed by atoms with Crippen molar-refractivity contribution in [3.63, 3.8) is 0 Å². The van der Waals surface area contributed by atoms with Crippen molar-refractivity contribution in [1.29, 1.82) is 0 Å². The molecule has 3 N–H and O–H groups in total. The van der Waals surface area contributed by atoms with Gasteiger partial charge in [-0.15, -0.1) is 0 Å². The van der Waals surface area contributed by atoms with Crippen LogP contribution in [0.15, 0.2) is 6.33 Å². The van der Waals surface area contributed by atoms with E-state index < -0.39 is 5.60 Å². The van der Waals surface area contributed by atoms with E-state index in [0.717, 1.165) is 0 Å². The highest BCUT2D eigenvalue weighted by Gasteiger charge is 2.35. The highest BCUT2D eigenvalue weighted by Crippen LogP contribution is 2.21. The zero-order chi connectivity index (χ0) is 15.5. The van der Waals surface area contributed by atoms with Crippen molar-refractivity contribution in [2.45, 2.75) is 44.9 Å². The predicted molar refractivity (Wildman–Crippen MR) is 75.5 cm³/mol. The molecule has 0 spiro atoms. The molecular formula is C13H23N5O3. The fourth-order valence-electron chi connectivity index (χ4n) is 2.61. The first-order valence-corrected chi connectivity index (χ1v) is 7.25. The van der Waals surface area contributed by atoms with Gasteiger partial charge in [0.05, 0.1) is 19.2 Å². The quantitative estimate of drug-likeness (QED) is 0.719. The summed E-state index contributed by atoms with van der Waals surface area (Å²) in [6.07, 6.45) is 2.64. The van der Waals surface area contributed by atoms with Gasteiger partial charge in [0, 0.05) is 13.1 Å². The molecule has 2 rings (SSSR count). The van der Waals surface area contributed by atoms with Crippen molar-refractivity contribution < 1.29 is 15.0 Å². The fraction of sp³-hybridized carbons (Fsp3) is 0.769. The number of nitrogens with zero attached hydrogens (tertiary/aromatic N) is 4. The van der Waals surface area contributed by atoms with Crippen LogP contribution in [0.25, 0.3) is 0 Å². The Labute approximate surface area is 123 Å². The highest BCUT2D eigenvalue weighted by molar-refractivity contribution is 5.74. The third-order valence-electron chi connectivity index (χ3n) is 3.81. The number of nitrogens with one attached hydrogen (secondary N) is 1. The van der Waals surface area contributed by atoms with Gasteiger partial charge in [-0.05, 0) is 26.7 Å². The minimum Gasteiger partial charge on any atom is -0.393 e. The lowest BCUT2D eigenvalue weighted by atomic mass is 9.94. The summed E-state index contributed by atoms with van der Waals surface area (Å²) in [6, 6.07) is -0.538. The van der Waals surface area contributed by atoms with Gasteiger partial charge in [0.25, 0.3) is 0 Å². The Morgan fingerprint density at radius 1 is 1.62 bits per heavy atom. The number of aromatic nitrogens is 3. The third kappa shape index (κ3) is 3.51. The van der Waals surface area contributed by atoms with Gasteiger partial charge in [-0.1, -0.05) is 0 Å². The van der Waals surface area contributed by atoms with E-state index in [4.69, 9.17) is 0 Å². The Kier molecular flexibility index (Phi) is 4.79. The number of aryl methyl sites for hydroxylation is 1. The number of carbonyl (C=O) groups excluding carboxylic acids is 1. The summed E-state index contributed by atoms with van der Waals surface area (Å²) in [5.74, 6) is 0.695. The van der Waals surface area contributed by atoms with E-state index in [1.165, 1.54) is 11.2 Å². The van der Waals surface area contributed by atoms with Crippen LogP contribution >= 0.6 is 0 Å². The molecule has 2 heterocycles. The monoisotopic (exact) mass is 297 g/mol. The molecule has 1 aromatic rings. The maximum Gasteiger partial charge on any atom is 0.318 e. The van der Waals surface area contributed by atoms with Gasteiger partial charge in [0.1, 0.15) is 17.8 Å². The van der Waals surface area contributed by atoms with Crippen LogP contribution in [0.1, 0.15) is 38.6 Å². The largest absolute Gasteiger partial charge is 0.393 e. The Hall–Kier alpha value is -1.67. The van der Waals surface area contributed by atoms with Gasteiger partial charge < -0.3 is 20.4 Å². The molecule has 1 fully saturated rings. The Balaban J connectivity index is 1.98. The van der Waals surface area contributed by atoms with Crippen molar-refractivity contribution in [2.24, 2.45) is 0 Å². The van der Waals surface area contributed by atoms with Crippen molar-refractivity contribution in [1.82, 2.24) is 25.0 Å². The first-order chi connectivity index (χ1) is 9.99. The number of likely N-dealkylation sites (tertiary alicyclic amines) is 1. The summed E-state index contributed by atoms with van der Waals surface area (Å²) in [6.45, 7) is 4.86. The first-order valence-electron chi connectivity index (χ1n) is 7.25. The molecule has 8 heteroatoms. The van der Waals surface area contributed by atoms with E-state index in [0.29, 0.717) is 31.8 Å². The molecule has 0 aromatic carbocycles. The molecule has 2 unspecified atom stereocenters. The number of hydrogen-bond donors (Lipinski definition) is 3. The van der Waals surface area contributed by atoms with Crippen molar-refractivity contribution >= 4 is 6.03 Å². The van der Waals surface area contributed by atoms with Crippen LogP contribution in [0.2, 0.25) is 0 Å². The SMILES string of the molecule is CCn1ncnc1C(C)NC(=O)N1CCCC(O)(CO)C1. The number of piperidine rings is 1. The lowest BCUT2D eigenvalue weighted by Crippen LogP contribution is -2.55. The number of aliphatic hydroxyl groups excluding tert-OH is 1. The molecule has 118 valence electrons. The highest BCUT2D eigenvalue weighted by atomic mass is 16.3. The summed E-state index contributed by atoms with van der Waals surface area (Å²) >= 11 is 0. The molecular weight excluding hydrogens is 274 g/mol. The molecule has 8 nitrogen and oxygen atoms in total. The topological polar surface area (TPSA) is 104 Å². The van der Waals surface area contributed by atoms with Crippen LogP contribution in [0.5, 0.6) is 0 Å². The minimum absolute atomic E-state index is 0.141. The van der Waals surface area contributed by atoms with Crippen LogP contribution in [0.3, 0.4) is 0 Å².